The predicted molar refractivity (Wildman–Crippen MR) is 113 cm³/mol. The van der Waals surface area contributed by atoms with Crippen LogP contribution < -0.4 is 20.1 Å². The number of pyridine rings is 1. The molecule has 0 spiro atoms. The first kappa shape index (κ1) is 18.8. The van der Waals surface area contributed by atoms with Crippen LogP contribution in [0.2, 0.25) is 0 Å². The van der Waals surface area contributed by atoms with E-state index in [1.165, 1.54) is 5.56 Å². The maximum Gasteiger partial charge on any atom is 0.274 e. The van der Waals surface area contributed by atoms with E-state index in [2.05, 4.69) is 42.5 Å². The smallest absolute Gasteiger partial charge is 0.274 e. The average molecular weight is 389 g/mol. The minimum atomic E-state index is -0.287. The van der Waals surface area contributed by atoms with E-state index in [0.717, 1.165) is 11.4 Å². The summed E-state index contributed by atoms with van der Waals surface area (Å²) < 4.78 is 10.6. The van der Waals surface area contributed by atoms with Gasteiger partial charge < -0.3 is 20.1 Å². The number of hydrogen-bond donors (Lipinski definition) is 2. The van der Waals surface area contributed by atoms with E-state index in [-0.39, 0.29) is 18.1 Å². The van der Waals surface area contributed by atoms with Gasteiger partial charge in [-0.25, -0.2) is 4.98 Å². The van der Waals surface area contributed by atoms with E-state index in [0.29, 0.717) is 22.9 Å². The van der Waals surface area contributed by atoms with Crippen molar-refractivity contribution in [3.8, 4) is 11.5 Å². The van der Waals surface area contributed by atoms with E-state index < -0.39 is 0 Å². The van der Waals surface area contributed by atoms with Crippen molar-refractivity contribution in [3.63, 3.8) is 0 Å². The first-order valence-corrected chi connectivity index (χ1v) is 9.44. The Labute approximate surface area is 169 Å². The van der Waals surface area contributed by atoms with Gasteiger partial charge in [0.05, 0.1) is 11.9 Å². The largest absolute Gasteiger partial charge is 0.454 e. The highest BCUT2D eigenvalue weighted by Gasteiger charge is 2.18. The van der Waals surface area contributed by atoms with Gasteiger partial charge in [-0.3, -0.25) is 4.79 Å². The summed E-state index contributed by atoms with van der Waals surface area (Å²) >= 11 is 0. The number of nitrogens with zero attached hydrogens (tertiary/aromatic N) is 1. The molecule has 2 N–H and O–H groups in total. The summed E-state index contributed by atoms with van der Waals surface area (Å²) in [6, 6.07) is 17.0. The lowest BCUT2D eigenvalue weighted by Gasteiger charge is -2.23. The summed E-state index contributed by atoms with van der Waals surface area (Å²) in [6.07, 6.45) is 1.66. The Bertz CT molecular complexity index is 1040. The number of benzene rings is 2. The Morgan fingerprint density at radius 1 is 0.966 bits per heavy atom. The van der Waals surface area contributed by atoms with Crippen molar-refractivity contribution in [1.82, 2.24) is 4.98 Å². The summed E-state index contributed by atoms with van der Waals surface area (Å²) in [4.78, 5) is 16.8. The van der Waals surface area contributed by atoms with Crippen molar-refractivity contribution in [2.24, 2.45) is 0 Å². The van der Waals surface area contributed by atoms with Crippen LogP contribution in [0.4, 0.5) is 17.1 Å². The van der Waals surface area contributed by atoms with Crippen LogP contribution in [0.3, 0.4) is 0 Å². The van der Waals surface area contributed by atoms with Gasteiger partial charge in [0.15, 0.2) is 11.5 Å². The van der Waals surface area contributed by atoms with Crippen LogP contribution in [0.1, 0.15) is 36.8 Å². The Hall–Kier alpha value is -3.54. The fourth-order valence-electron chi connectivity index (χ4n) is 3.17. The van der Waals surface area contributed by atoms with Crippen LogP contribution in [0.15, 0.2) is 60.8 Å². The Morgan fingerprint density at radius 3 is 2.48 bits per heavy atom. The lowest BCUT2D eigenvalue weighted by Crippen LogP contribution is -2.14. The number of amides is 1. The summed E-state index contributed by atoms with van der Waals surface area (Å²) in [6.45, 7) is 6.72. The van der Waals surface area contributed by atoms with Crippen LogP contribution in [-0.4, -0.2) is 17.7 Å². The third kappa shape index (κ3) is 4.16. The minimum absolute atomic E-state index is 0.0153. The molecule has 0 bridgehead atoms. The summed E-state index contributed by atoms with van der Waals surface area (Å²) in [5.41, 5.74) is 4.03. The van der Waals surface area contributed by atoms with Crippen molar-refractivity contribution < 1.29 is 14.3 Å². The molecule has 2 heterocycles. The monoisotopic (exact) mass is 389 g/mol. The van der Waals surface area contributed by atoms with E-state index >= 15 is 0 Å². The second-order valence-electron chi connectivity index (χ2n) is 7.87. The zero-order valence-electron chi connectivity index (χ0n) is 16.7. The molecule has 6 heteroatoms. The van der Waals surface area contributed by atoms with Gasteiger partial charge in [-0.15, -0.1) is 0 Å². The number of anilines is 3. The molecular weight excluding hydrogens is 366 g/mol. The highest BCUT2D eigenvalue weighted by atomic mass is 16.7. The number of ether oxygens (including phenoxy) is 2. The van der Waals surface area contributed by atoms with Gasteiger partial charge in [-0.1, -0.05) is 39.0 Å². The molecule has 0 saturated carbocycles. The average Bonchev–Trinajstić information content (AvgIpc) is 3.16. The Kier molecular flexibility index (Phi) is 4.84. The molecule has 29 heavy (non-hydrogen) atoms. The molecule has 1 aliphatic rings. The minimum Gasteiger partial charge on any atom is -0.454 e. The molecule has 0 radical (unpaired) electrons. The van der Waals surface area contributed by atoms with Crippen molar-refractivity contribution >= 4 is 23.0 Å². The maximum absolute atomic E-state index is 12.5. The van der Waals surface area contributed by atoms with Crippen LogP contribution in [0.5, 0.6) is 11.5 Å². The molecule has 6 nitrogen and oxygen atoms in total. The fraction of sp³-hybridized carbons (Fsp3) is 0.217. The molecular formula is C23H23N3O3. The topological polar surface area (TPSA) is 72.5 Å². The number of para-hydroxylation sites is 1. The summed E-state index contributed by atoms with van der Waals surface area (Å²) in [5, 5.41) is 6.23. The molecule has 0 fully saturated rings. The zero-order valence-corrected chi connectivity index (χ0v) is 16.7. The van der Waals surface area contributed by atoms with Gasteiger partial charge in [0.25, 0.3) is 5.91 Å². The molecule has 0 atom stereocenters. The van der Waals surface area contributed by atoms with Crippen LogP contribution in [0.25, 0.3) is 0 Å². The molecule has 4 rings (SSSR count). The van der Waals surface area contributed by atoms with E-state index in [9.17, 15) is 4.79 Å². The molecule has 0 unspecified atom stereocenters. The molecule has 1 amide bonds. The molecule has 0 aliphatic carbocycles. The number of carbonyl (C=O) groups excluding carboxylic acids is 1. The van der Waals surface area contributed by atoms with Crippen LogP contribution in [-0.2, 0) is 5.41 Å². The number of aromatic nitrogens is 1. The van der Waals surface area contributed by atoms with E-state index in [1.807, 2.05) is 24.3 Å². The van der Waals surface area contributed by atoms with Crippen LogP contribution in [0, 0.1) is 0 Å². The second kappa shape index (κ2) is 7.47. The standard InChI is InChI=1S/C23H23N3O3/c1-23(2,3)17-6-4-5-7-18(17)25-16-8-10-19(24-13-16)22(27)26-15-9-11-20-21(12-15)29-14-28-20/h4-13,25H,14H2,1-3H3,(H,26,27). The number of hydrogen-bond acceptors (Lipinski definition) is 5. The van der Waals surface area contributed by atoms with Gasteiger partial charge in [-0.05, 0) is 41.3 Å². The highest BCUT2D eigenvalue weighted by molar-refractivity contribution is 6.03. The number of nitrogens with one attached hydrogen (secondary N) is 2. The predicted octanol–water partition coefficient (Wildman–Crippen LogP) is 5.10. The second-order valence-corrected chi connectivity index (χ2v) is 7.87. The number of fused-ring (bicyclic) bond motifs is 1. The normalized spacial score (nSPS) is 12.5. The van der Waals surface area contributed by atoms with E-state index in [1.54, 1.807) is 30.5 Å². The van der Waals surface area contributed by atoms with Crippen molar-refractivity contribution in [3.05, 3.63) is 72.1 Å². The summed E-state index contributed by atoms with van der Waals surface area (Å²) in [5.74, 6) is 1.01. The first-order chi connectivity index (χ1) is 13.9. The third-order valence-electron chi connectivity index (χ3n) is 4.64. The van der Waals surface area contributed by atoms with Gasteiger partial charge in [-0.2, -0.15) is 0 Å². The van der Waals surface area contributed by atoms with Gasteiger partial charge in [0.2, 0.25) is 6.79 Å². The SMILES string of the molecule is CC(C)(C)c1ccccc1Nc1ccc(C(=O)Nc2ccc3c(c2)OCO3)nc1. The lowest BCUT2D eigenvalue weighted by atomic mass is 9.86. The zero-order chi connectivity index (χ0) is 20.4. The Morgan fingerprint density at radius 2 is 1.72 bits per heavy atom. The molecule has 1 aliphatic heterocycles. The Balaban J connectivity index is 1.46. The number of rotatable bonds is 4. The lowest BCUT2D eigenvalue weighted by molar-refractivity contribution is 0.102. The molecule has 3 aromatic rings. The van der Waals surface area contributed by atoms with Crippen molar-refractivity contribution in [2.75, 3.05) is 17.4 Å². The number of carbonyl (C=O) groups is 1. The molecule has 148 valence electrons. The van der Waals surface area contributed by atoms with E-state index in [4.69, 9.17) is 9.47 Å². The third-order valence-corrected chi connectivity index (χ3v) is 4.64. The van der Waals surface area contributed by atoms with Crippen LogP contribution >= 0.6 is 0 Å². The highest BCUT2D eigenvalue weighted by Crippen LogP contribution is 2.34. The van der Waals surface area contributed by atoms with Gasteiger partial charge in [0.1, 0.15) is 5.69 Å². The van der Waals surface area contributed by atoms with Gasteiger partial charge >= 0.3 is 0 Å². The van der Waals surface area contributed by atoms with Crippen molar-refractivity contribution in [2.45, 2.75) is 26.2 Å². The molecule has 0 saturated heterocycles. The quantitative estimate of drug-likeness (QED) is 0.649. The molecule has 1 aromatic heterocycles. The fourth-order valence-corrected chi connectivity index (χ4v) is 3.17. The molecule has 2 aromatic carbocycles. The first-order valence-electron chi connectivity index (χ1n) is 9.44. The summed E-state index contributed by atoms with van der Waals surface area (Å²) in [7, 11) is 0. The maximum atomic E-state index is 12.5. The van der Waals surface area contributed by atoms with Crippen molar-refractivity contribution in [1.29, 1.82) is 0 Å². The van der Waals surface area contributed by atoms with Gasteiger partial charge in [0, 0.05) is 17.4 Å².